The fourth-order valence-corrected chi connectivity index (χ4v) is 2.15. The largest absolute Gasteiger partial charge is 0.427 e. The first-order valence-electron chi connectivity index (χ1n) is 7.64. The van der Waals surface area contributed by atoms with Crippen molar-refractivity contribution in [3.05, 3.63) is 71.2 Å². The first kappa shape index (κ1) is 16.6. The van der Waals surface area contributed by atoms with E-state index in [0.717, 1.165) is 0 Å². The molecule has 3 rings (SSSR count). The molecule has 0 unspecified atom stereocenters. The van der Waals surface area contributed by atoms with E-state index in [1.807, 2.05) is 0 Å². The average molecular weight is 339 g/mol. The lowest BCUT2D eigenvalue weighted by molar-refractivity contribution is -0.134. The minimum Gasteiger partial charge on any atom is -0.427 e. The number of carbonyl (C=O) groups excluding carboxylic acids is 2. The zero-order valence-corrected chi connectivity index (χ0v) is 13.4. The Morgan fingerprint density at radius 3 is 2.68 bits per heavy atom. The Bertz CT molecular complexity index is 885. The molecule has 0 N–H and O–H groups in total. The molecule has 2 aromatic rings. The van der Waals surface area contributed by atoms with Gasteiger partial charge in [0, 0.05) is 12.0 Å². The van der Waals surface area contributed by atoms with Crippen molar-refractivity contribution in [1.29, 1.82) is 0 Å². The number of nitrogens with zero attached hydrogens (tertiary/aromatic N) is 1. The predicted molar refractivity (Wildman–Crippen MR) is 89.4 cm³/mol. The molecule has 0 saturated carbocycles. The molecule has 5 nitrogen and oxygen atoms in total. The third-order valence-corrected chi connectivity index (χ3v) is 3.40. The van der Waals surface area contributed by atoms with E-state index in [1.54, 1.807) is 43.3 Å². The van der Waals surface area contributed by atoms with Crippen LogP contribution in [0.4, 0.5) is 4.39 Å². The maximum absolute atomic E-state index is 13.3. The van der Waals surface area contributed by atoms with Crippen molar-refractivity contribution in [3.63, 3.8) is 0 Å². The van der Waals surface area contributed by atoms with Crippen LogP contribution in [0.3, 0.4) is 0 Å². The van der Waals surface area contributed by atoms with Crippen molar-refractivity contribution >= 4 is 23.9 Å². The lowest BCUT2D eigenvalue weighted by Gasteiger charge is -2.02. The molecule has 2 aromatic carbocycles. The van der Waals surface area contributed by atoms with E-state index in [9.17, 15) is 14.0 Å². The number of aliphatic imine (C=N–C) groups is 1. The minimum atomic E-state index is -0.610. The number of carbonyl (C=O) groups is 2. The molecular formula is C19H14FNO4. The molecule has 1 heterocycles. The zero-order chi connectivity index (χ0) is 17.8. The molecule has 1 aliphatic heterocycles. The Morgan fingerprint density at radius 2 is 2.00 bits per heavy atom. The van der Waals surface area contributed by atoms with Gasteiger partial charge in [0.1, 0.15) is 11.6 Å². The van der Waals surface area contributed by atoms with Gasteiger partial charge in [0.2, 0.25) is 5.90 Å². The van der Waals surface area contributed by atoms with E-state index < -0.39 is 11.8 Å². The highest BCUT2D eigenvalue weighted by Crippen LogP contribution is 2.21. The third kappa shape index (κ3) is 3.98. The molecule has 0 atom stereocenters. The van der Waals surface area contributed by atoms with Gasteiger partial charge in [-0.1, -0.05) is 25.1 Å². The Kier molecular flexibility index (Phi) is 4.70. The summed E-state index contributed by atoms with van der Waals surface area (Å²) in [5, 5.41) is 0. The number of hydrogen-bond donors (Lipinski definition) is 0. The first-order chi connectivity index (χ1) is 12.0. The summed E-state index contributed by atoms with van der Waals surface area (Å²) in [5.74, 6) is -0.891. The number of esters is 2. The van der Waals surface area contributed by atoms with Gasteiger partial charge < -0.3 is 9.47 Å². The summed E-state index contributed by atoms with van der Waals surface area (Å²) < 4.78 is 23.4. The molecule has 0 aliphatic carbocycles. The Balaban J connectivity index is 1.81. The van der Waals surface area contributed by atoms with Gasteiger partial charge >= 0.3 is 11.9 Å². The van der Waals surface area contributed by atoms with Crippen LogP contribution in [0.15, 0.2) is 59.2 Å². The van der Waals surface area contributed by atoms with Crippen molar-refractivity contribution < 1.29 is 23.5 Å². The number of rotatable bonds is 4. The molecule has 0 amide bonds. The van der Waals surface area contributed by atoms with E-state index in [-0.39, 0.29) is 24.0 Å². The van der Waals surface area contributed by atoms with Crippen molar-refractivity contribution in [3.8, 4) is 5.75 Å². The van der Waals surface area contributed by atoms with Crippen LogP contribution in [-0.2, 0) is 14.3 Å². The van der Waals surface area contributed by atoms with Crippen LogP contribution in [0.25, 0.3) is 6.08 Å². The smallest absolute Gasteiger partial charge is 0.363 e. The minimum absolute atomic E-state index is 0.0595. The topological polar surface area (TPSA) is 65.0 Å². The Labute approximate surface area is 143 Å². The number of halogens is 1. The lowest BCUT2D eigenvalue weighted by atomic mass is 10.2. The van der Waals surface area contributed by atoms with Crippen LogP contribution in [-0.4, -0.2) is 17.8 Å². The second-order valence-corrected chi connectivity index (χ2v) is 5.24. The molecule has 0 fully saturated rings. The molecule has 0 bridgehead atoms. The molecule has 0 spiro atoms. The van der Waals surface area contributed by atoms with Gasteiger partial charge in [0.15, 0.2) is 5.70 Å². The van der Waals surface area contributed by atoms with Crippen LogP contribution in [0.5, 0.6) is 5.75 Å². The van der Waals surface area contributed by atoms with Gasteiger partial charge in [0.05, 0.1) is 0 Å². The summed E-state index contributed by atoms with van der Waals surface area (Å²) in [4.78, 5) is 27.3. The van der Waals surface area contributed by atoms with Crippen molar-refractivity contribution in [2.75, 3.05) is 0 Å². The summed E-state index contributed by atoms with van der Waals surface area (Å²) in [6, 6.07) is 12.3. The van der Waals surface area contributed by atoms with Crippen molar-refractivity contribution in [2.24, 2.45) is 4.99 Å². The molecule has 1 aliphatic rings. The molecule has 126 valence electrons. The van der Waals surface area contributed by atoms with Gasteiger partial charge in [-0.2, -0.15) is 0 Å². The quantitative estimate of drug-likeness (QED) is 0.486. The molecule has 6 heteroatoms. The van der Waals surface area contributed by atoms with E-state index in [1.165, 1.54) is 18.2 Å². The van der Waals surface area contributed by atoms with Gasteiger partial charge in [-0.05, 0) is 42.0 Å². The summed E-state index contributed by atoms with van der Waals surface area (Å²) in [6.07, 6.45) is 1.83. The second kappa shape index (κ2) is 7.09. The zero-order valence-electron chi connectivity index (χ0n) is 13.4. The maximum atomic E-state index is 13.3. The van der Waals surface area contributed by atoms with Crippen LogP contribution in [0, 0.1) is 5.82 Å². The summed E-state index contributed by atoms with van der Waals surface area (Å²) in [5.41, 5.74) is 1.18. The molecular weight excluding hydrogens is 325 g/mol. The fraction of sp³-hybridized carbons (Fsp3) is 0.105. The van der Waals surface area contributed by atoms with Gasteiger partial charge in [0.25, 0.3) is 0 Å². The monoisotopic (exact) mass is 339 g/mol. The van der Waals surface area contributed by atoms with E-state index >= 15 is 0 Å². The highest BCUT2D eigenvalue weighted by molar-refractivity contribution is 6.12. The van der Waals surface area contributed by atoms with Crippen LogP contribution >= 0.6 is 0 Å². The SMILES string of the molecule is CCC(=O)Oc1ccc(/C=C2\N=C(c3cccc(F)c3)OC2=O)cc1. The molecule has 25 heavy (non-hydrogen) atoms. The summed E-state index contributed by atoms with van der Waals surface area (Å²) >= 11 is 0. The molecule has 0 saturated heterocycles. The van der Waals surface area contributed by atoms with E-state index in [0.29, 0.717) is 16.9 Å². The number of hydrogen-bond acceptors (Lipinski definition) is 5. The van der Waals surface area contributed by atoms with Crippen molar-refractivity contribution in [1.82, 2.24) is 0 Å². The normalized spacial score (nSPS) is 15.0. The highest BCUT2D eigenvalue weighted by atomic mass is 19.1. The summed E-state index contributed by atoms with van der Waals surface area (Å²) in [7, 11) is 0. The second-order valence-electron chi connectivity index (χ2n) is 5.24. The van der Waals surface area contributed by atoms with Crippen LogP contribution in [0.1, 0.15) is 24.5 Å². The van der Waals surface area contributed by atoms with E-state index in [4.69, 9.17) is 9.47 Å². The fourth-order valence-electron chi connectivity index (χ4n) is 2.15. The third-order valence-electron chi connectivity index (χ3n) is 3.40. The number of benzene rings is 2. The molecule has 0 radical (unpaired) electrons. The van der Waals surface area contributed by atoms with Gasteiger partial charge in [-0.25, -0.2) is 14.2 Å². The Morgan fingerprint density at radius 1 is 1.24 bits per heavy atom. The van der Waals surface area contributed by atoms with Crippen LogP contribution < -0.4 is 4.74 Å². The van der Waals surface area contributed by atoms with E-state index in [2.05, 4.69) is 4.99 Å². The predicted octanol–water partition coefficient (Wildman–Crippen LogP) is 3.49. The number of cyclic esters (lactones) is 1. The lowest BCUT2D eigenvalue weighted by Crippen LogP contribution is -2.05. The highest BCUT2D eigenvalue weighted by Gasteiger charge is 2.24. The molecule has 0 aromatic heterocycles. The van der Waals surface area contributed by atoms with Gasteiger partial charge in [-0.3, -0.25) is 4.79 Å². The average Bonchev–Trinajstić information content (AvgIpc) is 2.97. The number of ether oxygens (including phenoxy) is 2. The van der Waals surface area contributed by atoms with Crippen molar-refractivity contribution in [2.45, 2.75) is 13.3 Å². The summed E-state index contributed by atoms with van der Waals surface area (Å²) in [6.45, 7) is 1.71. The Hall–Kier alpha value is -3.28. The van der Waals surface area contributed by atoms with Crippen LogP contribution in [0.2, 0.25) is 0 Å². The standard InChI is InChI=1S/C19H14FNO4/c1-2-17(22)24-15-8-6-12(7-9-15)10-16-19(23)25-18(21-16)13-4-3-5-14(20)11-13/h3-11H,2H2,1H3/b16-10-. The van der Waals surface area contributed by atoms with Gasteiger partial charge in [-0.15, -0.1) is 0 Å². The first-order valence-corrected chi connectivity index (χ1v) is 7.64. The maximum Gasteiger partial charge on any atom is 0.363 e.